The minimum atomic E-state index is -3.12. The third-order valence-corrected chi connectivity index (χ3v) is 4.80. The van der Waals surface area contributed by atoms with E-state index in [1.807, 2.05) is 19.1 Å². The molecule has 1 unspecified atom stereocenters. The smallest absolute Gasteiger partial charge is 0.178 e. The molecule has 1 aromatic carbocycles. The van der Waals surface area contributed by atoms with Crippen LogP contribution in [0.2, 0.25) is 0 Å². The number of rotatable bonds is 7. The zero-order chi connectivity index (χ0) is 13.6. The summed E-state index contributed by atoms with van der Waals surface area (Å²) >= 11 is 0. The van der Waals surface area contributed by atoms with Crippen molar-refractivity contribution >= 4 is 9.84 Å². The van der Waals surface area contributed by atoms with Gasteiger partial charge in [-0.2, -0.15) is 0 Å². The van der Waals surface area contributed by atoms with Crippen molar-refractivity contribution in [2.75, 3.05) is 12.3 Å². The Kier molecular flexibility index (Phi) is 5.82. The molecule has 102 valence electrons. The highest BCUT2D eigenvalue weighted by Crippen LogP contribution is 2.14. The molecule has 0 aliphatic rings. The maximum atomic E-state index is 12.1. The molecular weight excluding hydrogens is 246 g/mol. The van der Waals surface area contributed by atoms with E-state index >= 15 is 0 Å². The Bertz CT molecular complexity index is 451. The summed E-state index contributed by atoms with van der Waals surface area (Å²) in [4.78, 5) is 0.434. The van der Waals surface area contributed by atoms with Gasteiger partial charge in [0.25, 0.3) is 0 Å². The third-order valence-electron chi connectivity index (χ3n) is 2.98. The highest BCUT2D eigenvalue weighted by Gasteiger charge is 2.14. The number of nitrogens with one attached hydrogen (secondary N) is 1. The lowest BCUT2D eigenvalue weighted by atomic mass is 10.2. The van der Waals surface area contributed by atoms with Crippen LogP contribution in [0.25, 0.3) is 0 Å². The van der Waals surface area contributed by atoms with Gasteiger partial charge in [-0.25, -0.2) is 8.42 Å². The number of sulfone groups is 1. The number of aryl methyl sites for hydroxylation is 1. The van der Waals surface area contributed by atoms with Gasteiger partial charge >= 0.3 is 0 Å². The summed E-state index contributed by atoms with van der Waals surface area (Å²) in [6, 6.07) is 7.45. The molecule has 1 N–H and O–H groups in total. The van der Waals surface area contributed by atoms with E-state index in [0.717, 1.165) is 18.5 Å². The predicted octanol–water partition coefficient (Wildman–Crippen LogP) is 2.55. The van der Waals surface area contributed by atoms with E-state index in [2.05, 4.69) is 19.2 Å². The molecule has 0 aliphatic carbocycles. The highest BCUT2D eigenvalue weighted by atomic mass is 32.2. The van der Waals surface area contributed by atoms with E-state index in [9.17, 15) is 8.42 Å². The molecular formula is C14H23NO2S. The molecule has 3 nitrogen and oxygen atoms in total. The zero-order valence-electron chi connectivity index (χ0n) is 11.4. The third kappa shape index (κ3) is 4.78. The van der Waals surface area contributed by atoms with Gasteiger partial charge in [0.15, 0.2) is 9.84 Å². The summed E-state index contributed by atoms with van der Waals surface area (Å²) in [7, 11) is -3.12. The van der Waals surface area contributed by atoms with Crippen molar-refractivity contribution in [3.05, 3.63) is 29.8 Å². The van der Waals surface area contributed by atoms with Crippen molar-refractivity contribution in [2.45, 2.75) is 44.6 Å². The lowest BCUT2D eigenvalue weighted by molar-refractivity contribution is 0.521. The van der Waals surface area contributed by atoms with Crippen molar-refractivity contribution in [2.24, 2.45) is 0 Å². The molecule has 0 aromatic heterocycles. The van der Waals surface area contributed by atoms with Gasteiger partial charge in [0.2, 0.25) is 0 Å². The van der Waals surface area contributed by atoms with Crippen molar-refractivity contribution in [1.29, 1.82) is 0 Å². The molecule has 0 amide bonds. The Hall–Kier alpha value is -0.870. The van der Waals surface area contributed by atoms with E-state index < -0.39 is 9.84 Å². The van der Waals surface area contributed by atoms with E-state index in [-0.39, 0.29) is 5.75 Å². The van der Waals surface area contributed by atoms with Crippen molar-refractivity contribution in [3.8, 4) is 0 Å². The Balaban J connectivity index is 2.52. The number of benzene rings is 1. The van der Waals surface area contributed by atoms with Crippen molar-refractivity contribution in [1.82, 2.24) is 5.32 Å². The molecule has 0 saturated heterocycles. The first-order valence-corrected chi connectivity index (χ1v) is 8.13. The monoisotopic (exact) mass is 269 g/mol. The summed E-state index contributed by atoms with van der Waals surface area (Å²) in [5, 5.41) is 3.28. The molecule has 1 rings (SSSR count). The Morgan fingerprint density at radius 3 is 2.39 bits per heavy atom. The molecule has 0 bridgehead atoms. The lowest BCUT2D eigenvalue weighted by Gasteiger charge is -2.11. The molecule has 1 aromatic rings. The SMILES string of the molecule is CCNC(C)CCCS(=O)(=O)c1ccc(C)cc1. The lowest BCUT2D eigenvalue weighted by Crippen LogP contribution is -2.26. The molecule has 18 heavy (non-hydrogen) atoms. The summed E-state index contributed by atoms with van der Waals surface area (Å²) in [5.74, 6) is 0.228. The Morgan fingerprint density at radius 2 is 1.83 bits per heavy atom. The van der Waals surface area contributed by atoms with Gasteiger partial charge in [0.1, 0.15) is 0 Å². The molecule has 0 spiro atoms. The van der Waals surface area contributed by atoms with Crippen molar-refractivity contribution < 1.29 is 8.42 Å². The van der Waals surface area contributed by atoms with E-state index in [4.69, 9.17) is 0 Å². The topological polar surface area (TPSA) is 46.2 Å². The number of hydrogen-bond acceptors (Lipinski definition) is 3. The fourth-order valence-corrected chi connectivity index (χ4v) is 3.23. The molecule has 0 fully saturated rings. The van der Waals surface area contributed by atoms with Gasteiger partial charge in [-0.3, -0.25) is 0 Å². The first-order chi connectivity index (χ1) is 8.45. The molecule has 0 heterocycles. The Morgan fingerprint density at radius 1 is 1.22 bits per heavy atom. The first kappa shape index (κ1) is 15.2. The minimum absolute atomic E-state index is 0.228. The van der Waals surface area contributed by atoms with Crippen LogP contribution in [0, 0.1) is 6.92 Å². The maximum Gasteiger partial charge on any atom is 0.178 e. The fraction of sp³-hybridized carbons (Fsp3) is 0.571. The average molecular weight is 269 g/mol. The van der Waals surface area contributed by atoms with Gasteiger partial charge in [0.05, 0.1) is 10.6 Å². The van der Waals surface area contributed by atoms with E-state index in [1.165, 1.54) is 0 Å². The molecule has 4 heteroatoms. The van der Waals surface area contributed by atoms with Crippen LogP contribution in [-0.2, 0) is 9.84 Å². The summed E-state index contributed by atoms with van der Waals surface area (Å²) in [5.41, 5.74) is 1.08. The fourth-order valence-electron chi connectivity index (χ4n) is 1.89. The molecule has 0 radical (unpaired) electrons. The van der Waals surface area contributed by atoms with Gasteiger partial charge in [-0.1, -0.05) is 24.6 Å². The van der Waals surface area contributed by atoms with Crippen LogP contribution in [0.1, 0.15) is 32.3 Å². The van der Waals surface area contributed by atoms with Gasteiger partial charge in [-0.05, 0) is 45.4 Å². The second-order valence-corrected chi connectivity index (χ2v) is 6.84. The van der Waals surface area contributed by atoms with Gasteiger partial charge < -0.3 is 5.32 Å². The van der Waals surface area contributed by atoms with Gasteiger partial charge in [-0.15, -0.1) is 0 Å². The maximum absolute atomic E-state index is 12.1. The van der Waals surface area contributed by atoms with Crippen molar-refractivity contribution in [3.63, 3.8) is 0 Å². The quantitative estimate of drug-likeness (QED) is 0.827. The zero-order valence-corrected chi connectivity index (χ0v) is 12.3. The van der Waals surface area contributed by atoms with E-state index in [0.29, 0.717) is 17.4 Å². The van der Waals surface area contributed by atoms with Crippen LogP contribution in [-0.4, -0.2) is 26.8 Å². The predicted molar refractivity (Wildman–Crippen MR) is 75.6 cm³/mol. The van der Waals surface area contributed by atoms with Gasteiger partial charge in [0, 0.05) is 6.04 Å². The first-order valence-electron chi connectivity index (χ1n) is 6.48. The second kappa shape index (κ2) is 6.90. The summed E-state index contributed by atoms with van der Waals surface area (Å²) < 4.78 is 24.1. The van der Waals surface area contributed by atoms with Crippen LogP contribution >= 0.6 is 0 Å². The van der Waals surface area contributed by atoms with Crippen LogP contribution < -0.4 is 5.32 Å². The molecule has 1 atom stereocenters. The van der Waals surface area contributed by atoms with Crippen LogP contribution in [0.4, 0.5) is 0 Å². The van der Waals surface area contributed by atoms with Crippen LogP contribution in [0.15, 0.2) is 29.2 Å². The normalized spacial score (nSPS) is 13.5. The molecule has 0 saturated carbocycles. The Labute approximate surface area is 111 Å². The highest BCUT2D eigenvalue weighted by molar-refractivity contribution is 7.91. The largest absolute Gasteiger partial charge is 0.315 e. The second-order valence-electron chi connectivity index (χ2n) is 4.73. The molecule has 0 aliphatic heterocycles. The van der Waals surface area contributed by atoms with E-state index in [1.54, 1.807) is 12.1 Å². The average Bonchev–Trinajstić information content (AvgIpc) is 2.29. The van der Waals surface area contributed by atoms with Crippen LogP contribution in [0.3, 0.4) is 0 Å². The number of hydrogen-bond donors (Lipinski definition) is 1. The minimum Gasteiger partial charge on any atom is -0.315 e. The summed E-state index contributed by atoms with van der Waals surface area (Å²) in [6.07, 6.45) is 1.59. The summed E-state index contributed by atoms with van der Waals surface area (Å²) in [6.45, 7) is 7.02. The standard InChI is InChI=1S/C14H23NO2S/c1-4-15-13(3)6-5-11-18(16,17)14-9-7-12(2)8-10-14/h7-10,13,15H,4-6,11H2,1-3H3. The van der Waals surface area contributed by atoms with Crippen LogP contribution in [0.5, 0.6) is 0 Å².